The van der Waals surface area contributed by atoms with Crippen molar-refractivity contribution >= 4 is 11.9 Å². The summed E-state index contributed by atoms with van der Waals surface area (Å²) in [6.07, 6.45) is -19.5. The molecule has 0 bridgehead atoms. The van der Waals surface area contributed by atoms with Crippen molar-refractivity contribution in [3.05, 3.63) is 0 Å². The summed E-state index contributed by atoms with van der Waals surface area (Å²) >= 11 is 0. The summed E-state index contributed by atoms with van der Waals surface area (Å²) in [6.45, 7) is 2.41. The third-order valence-electron chi connectivity index (χ3n) is 11.0. The second-order valence-electron chi connectivity index (χ2n) is 14.6. The van der Waals surface area contributed by atoms with Crippen LogP contribution in [0.2, 0.25) is 0 Å². The number of methoxy groups -OCH3 is 2. The van der Waals surface area contributed by atoms with E-state index in [1.54, 1.807) is 5.32 Å². The number of aliphatic hydroxyl groups is 5. The lowest BCUT2D eigenvalue weighted by Gasteiger charge is -2.50. The summed E-state index contributed by atoms with van der Waals surface area (Å²) in [5, 5.41) is 64.9. The highest BCUT2D eigenvalue weighted by molar-refractivity contribution is 5.82. The number of carbonyl (C=O) groups excluding carboxylic acids is 1. The highest BCUT2D eigenvalue weighted by atomic mass is 19.4. The Morgan fingerprint density at radius 3 is 2.11 bits per heavy atom. The summed E-state index contributed by atoms with van der Waals surface area (Å²) in [5.41, 5.74) is 0. The molecule has 4 rings (SSSR count). The number of hydrogen-bond donors (Lipinski definition) is 7. The number of alkyl halides is 3. The minimum absolute atomic E-state index is 0.00876. The molecule has 2 saturated heterocycles. The Morgan fingerprint density at radius 2 is 1.55 bits per heavy atom. The van der Waals surface area contributed by atoms with Crippen molar-refractivity contribution in [2.24, 2.45) is 17.8 Å². The number of halogens is 3. The number of aliphatic hydroxyl groups excluding tert-OH is 5. The van der Waals surface area contributed by atoms with Gasteiger partial charge in [0.25, 0.3) is 0 Å². The largest absolute Gasteiger partial charge is 0.479 e. The molecule has 0 aromatic rings. The lowest BCUT2D eigenvalue weighted by atomic mass is 9.75. The minimum atomic E-state index is -5.42. The zero-order chi connectivity index (χ0) is 39.2. The molecular formula is C34H56F3NO15. The topological polar surface area (TPSA) is 232 Å². The van der Waals surface area contributed by atoms with Gasteiger partial charge in [-0.05, 0) is 38.0 Å². The van der Waals surface area contributed by atoms with Gasteiger partial charge in [0.15, 0.2) is 25.0 Å². The van der Waals surface area contributed by atoms with Crippen molar-refractivity contribution in [2.75, 3.05) is 20.8 Å². The summed E-state index contributed by atoms with van der Waals surface area (Å²) < 4.78 is 82.4. The highest BCUT2D eigenvalue weighted by Crippen LogP contribution is 2.41. The van der Waals surface area contributed by atoms with E-state index in [1.165, 1.54) is 21.1 Å². The van der Waals surface area contributed by atoms with E-state index in [0.29, 0.717) is 25.7 Å². The molecule has 2 aliphatic carbocycles. The molecule has 2 aliphatic heterocycles. The molecule has 7 N–H and O–H groups in total. The van der Waals surface area contributed by atoms with Crippen LogP contribution in [0.5, 0.6) is 0 Å². The average Bonchev–Trinajstić information content (AvgIpc) is 3.12. The third-order valence-corrected chi connectivity index (χ3v) is 11.0. The Kier molecular flexibility index (Phi) is 16.1. The lowest BCUT2D eigenvalue weighted by Crippen LogP contribution is -2.68. The molecule has 4 fully saturated rings. The maximum atomic E-state index is 13.8. The first kappa shape index (κ1) is 44.0. The van der Waals surface area contributed by atoms with Gasteiger partial charge in [-0.25, -0.2) is 4.79 Å². The summed E-state index contributed by atoms with van der Waals surface area (Å²) in [6, 6.07) is -1.97. The summed E-state index contributed by atoms with van der Waals surface area (Å²) in [4.78, 5) is 24.9. The van der Waals surface area contributed by atoms with E-state index < -0.39 is 122 Å². The van der Waals surface area contributed by atoms with Crippen molar-refractivity contribution in [3.63, 3.8) is 0 Å². The van der Waals surface area contributed by atoms with Crippen molar-refractivity contribution in [2.45, 2.75) is 164 Å². The van der Waals surface area contributed by atoms with E-state index in [2.05, 4.69) is 0 Å². The van der Waals surface area contributed by atoms with E-state index in [1.807, 2.05) is 6.92 Å². The van der Waals surface area contributed by atoms with Gasteiger partial charge in [0.05, 0.1) is 24.9 Å². The third kappa shape index (κ3) is 10.8. The second kappa shape index (κ2) is 19.4. The first-order valence-electron chi connectivity index (χ1n) is 18.3. The van der Waals surface area contributed by atoms with Crippen LogP contribution in [0.15, 0.2) is 0 Å². The molecule has 1 amide bonds. The molecular weight excluding hydrogens is 719 g/mol. The molecule has 4 aliphatic rings. The number of amides is 1. The SMILES string of the molecule is CCC1CC(C(OC)OC)C[C@@H](O[C@@H]2OC(CO)[C@H](O)C(O[C@@H](CC3CCCCC3)C(=O)O)C2NC(=O)C(F)(F)F)C1OC1O[C@@H](C)C(O)C(O)[C@@H]1O. The standard InChI is InChI=1S/C34H56F3NO15/c1-5-17-12-18(30(47-3)48-4)13-19(27(17)53-32-26(43)25(42)23(40)15(2)49-32)51-31-22(38-33(46)34(35,36)37)28(24(41)21(14-39)52-31)50-20(29(44)45)11-16-9-7-6-8-10-16/h15-28,30-32,39-43H,5-14H2,1-4H3,(H,38,46)(H,44,45)/t15-,17?,18?,19+,20-,21?,22?,23?,24-,25?,26-,27?,28?,31+,32?/m0/s1. The van der Waals surface area contributed by atoms with Crippen LogP contribution in [0.3, 0.4) is 0 Å². The molecule has 308 valence electrons. The molecule has 15 atom stereocenters. The fourth-order valence-electron chi connectivity index (χ4n) is 8.10. The summed E-state index contributed by atoms with van der Waals surface area (Å²) in [7, 11) is 2.84. The van der Waals surface area contributed by atoms with E-state index in [9.17, 15) is 53.4 Å². The van der Waals surface area contributed by atoms with E-state index in [0.717, 1.165) is 19.3 Å². The highest BCUT2D eigenvalue weighted by Gasteiger charge is 2.54. The van der Waals surface area contributed by atoms with Gasteiger partial charge >= 0.3 is 18.1 Å². The maximum Gasteiger partial charge on any atom is 0.471 e. The van der Waals surface area contributed by atoms with Gasteiger partial charge in [-0.2, -0.15) is 13.2 Å². The average molecular weight is 776 g/mol. The zero-order valence-electron chi connectivity index (χ0n) is 30.4. The molecule has 2 saturated carbocycles. The number of aliphatic carboxylic acids is 1. The van der Waals surface area contributed by atoms with E-state index in [4.69, 9.17) is 33.2 Å². The molecule has 19 heteroatoms. The van der Waals surface area contributed by atoms with Gasteiger partial charge in [-0.3, -0.25) is 4.79 Å². The van der Waals surface area contributed by atoms with Crippen LogP contribution in [0.4, 0.5) is 13.2 Å². The van der Waals surface area contributed by atoms with Crippen molar-refractivity contribution in [1.82, 2.24) is 5.32 Å². The van der Waals surface area contributed by atoms with E-state index >= 15 is 0 Å². The zero-order valence-corrected chi connectivity index (χ0v) is 30.4. The smallest absolute Gasteiger partial charge is 0.471 e. The Labute approximate surface area is 306 Å². The molecule has 53 heavy (non-hydrogen) atoms. The van der Waals surface area contributed by atoms with Crippen LogP contribution in [-0.4, -0.2) is 155 Å². The predicted octanol–water partition coefficient (Wildman–Crippen LogP) is 0.573. The number of rotatable bonds is 15. The number of hydrogen-bond acceptors (Lipinski definition) is 14. The quantitative estimate of drug-likeness (QED) is 0.113. The molecule has 9 unspecified atom stereocenters. The molecule has 0 radical (unpaired) electrons. The van der Waals surface area contributed by atoms with Gasteiger partial charge in [-0.1, -0.05) is 45.4 Å². The maximum absolute atomic E-state index is 13.8. The van der Waals surface area contributed by atoms with Crippen LogP contribution in [-0.2, 0) is 42.7 Å². The van der Waals surface area contributed by atoms with Crippen LogP contribution >= 0.6 is 0 Å². The molecule has 16 nitrogen and oxygen atoms in total. The number of ether oxygens (including phenoxy) is 7. The van der Waals surface area contributed by atoms with Crippen LogP contribution < -0.4 is 5.32 Å². The number of carboxylic acid groups (broad SMARTS) is 1. The Balaban J connectivity index is 1.72. The lowest BCUT2D eigenvalue weighted by molar-refractivity contribution is -0.341. The Bertz CT molecular complexity index is 1160. The fraction of sp³-hybridized carbons (Fsp3) is 0.941. The first-order chi connectivity index (χ1) is 25.0. The van der Waals surface area contributed by atoms with Crippen molar-refractivity contribution in [3.8, 4) is 0 Å². The molecule has 0 aromatic carbocycles. The number of carboxylic acids is 1. The van der Waals surface area contributed by atoms with Crippen molar-refractivity contribution < 1.29 is 86.6 Å². The molecule has 2 heterocycles. The molecule has 0 spiro atoms. The first-order valence-corrected chi connectivity index (χ1v) is 18.3. The molecule has 0 aromatic heterocycles. The Morgan fingerprint density at radius 1 is 0.887 bits per heavy atom. The number of nitrogens with one attached hydrogen (secondary N) is 1. The monoisotopic (exact) mass is 775 g/mol. The van der Waals surface area contributed by atoms with Crippen molar-refractivity contribution in [1.29, 1.82) is 0 Å². The second-order valence-corrected chi connectivity index (χ2v) is 14.6. The Hall–Kier alpha value is -1.75. The van der Waals surface area contributed by atoms with Crippen LogP contribution in [0.25, 0.3) is 0 Å². The van der Waals surface area contributed by atoms with Gasteiger partial charge in [0.1, 0.15) is 42.7 Å². The minimum Gasteiger partial charge on any atom is -0.479 e. The van der Waals surface area contributed by atoms with Gasteiger partial charge < -0.3 is 69.1 Å². The van der Waals surface area contributed by atoms with Gasteiger partial charge in [0, 0.05) is 20.1 Å². The fourth-order valence-corrected chi connectivity index (χ4v) is 8.10. The van der Waals surface area contributed by atoms with Crippen LogP contribution in [0, 0.1) is 17.8 Å². The normalized spacial score (nSPS) is 39.5. The van der Waals surface area contributed by atoms with E-state index in [-0.39, 0.29) is 18.8 Å². The number of carbonyl (C=O) groups is 2. The van der Waals surface area contributed by atoms with Gasteiger partial charge in [0.2, 0.25) is 0 Å². The van der Waals surface area contributed by atoms with Gasteiger partial charge in [-0.15, -0.1) is 0 Å². The summed E-state index contributed by atoms with van der Waals surface area (Å²) in [5.74, 6) is -4.77. The van der Waals surface area contributed by atoms with Crippen LogP contribution in [0.1, 0.15) is 71.6 Å². The predicted molar refractivity (Wildman–Crippen MR) is 174 cm³/mol.